The van der Waals surface area contributed by atoms with Crippen LogP contribution >= 0.6 is 0 Å². The van der Waals surface area contributed by atoms with E-state index in [1.807, 2.05) is 6.92 Å². The highest BCUT2D eigenvalue weighted by atomic mass is 19.4. The molecule has 1 saturated heterocycles. The summed E-state index contributed by atoms with van der Waals surface area (Å²) in [7, 11) is 0. The van der Waals surface area contributed by atoms with E-state index in [1.54, 1.807) is 23.1 Å². The molecule has 0 bridgehead atoms. The zero-order valence-corrected chi connectivity index (χ0v) is 12.4. The Morgan fingerprint density at radius 1 is 1.17 bits per heavy atom. The molecular weight excluding hydrogens is 310 g/mol. The van der Waals surface area contributed by atoms with Gasteiger partial charge in [0.05, 0.1) is 6.04 Å². The first-order valence-electron chi connectivity index (χ1n) is 7.27. The molecule has 7 heteroatoms. The summed E-state index contributed by atoms with van der Waals surface area (Å²) in [6.45, 7) is 2.46. The van der Waals surface area contributed by atoms with E-state index in [4.69, 9.17) is 0 Å². The minimum absolute atomic E-state index is 0.0163. The van der Waals surface area contributed by atoms with Crippen molar-refractivity contribution in [2.24, 2.45) is 5.92 Å². The molecule has 3 nitrogen and oxygen atoms in total. The molecule has 23 heavy (non-hydrogen) atoms. The van der Waals surface area contributed by atoms with E-state index >= 15 is 0 Å². The van der Waals surface area contributed by atoms with Gasteiger partial charge in [0.2, 0.25) is 5.95 Å². The number of halogens is 4. The van der Waals surface area contributed by atoms with Crippen molar-refractivity contribution in [2.45, 2.75) is 25.6 Å². The molecule has 1 aliphatic rings. The zero-order chi connectivity index (χ0) is 16.6. The molecule has 1 aromatic heterocycles. The Labute approximate surface area is 131 Å². The van der Waals surface area contributed by atoms with Crippen molar-refractivity contribution in [2.75, 3.05) is 11.4 Å². The van der Waals surface area contributed by atoms with Crippen LogP contribution in [0.15, 0.2) is 36.5 Å². The Bertz CT molecular complexity index is 702. The minimum atomic E-state index is -4.53. The van der Waals surface area contributed by atoms with Crippen LogP contribution < -0.4 is 4.90 Å². The van der Waals surface area contributed by atoms with Crippen molar-refractivity contribution < 1.29 is 17.6 Å². The predicted octanol–water partition coefficient (Wildman–Crippen LogP) is 4.22. The monoisotopic (exact) mass is 325 g/mol. The van der Waals surface area contributed by atoms with Gasteiger partial charge in [0, 0.05) is 18.3 Å². The fourth-order valence-corrected chi connectivity index (χ4v) is 2.95. The lowest BCUT2D eigenvalue weighted by Crippen LogP contribution is -2.26. The van der Waals surface area contributed by atoms with E-state index in [0.29, 0.717) is 18.5 Å². The molecule has 0 aliphatic carbocycles. The first kappa shape index (κ1) is 15.7. The second-order valence-corrected chi connectivity index (χ2v) is 5.77. The smallest absolute Gasteiger partial charge is 0.333 e. The van der Waals surface area contributed by atoms with Gasteiger partial charge in [0.1, 0.15) is 11.5 Å². The average Bonchev–Trinajstić information content (AvgIpc) is 2.89. The van der Waals surface area contributed by atoms with Gasteiger partial charge in [-0.25, -0.2) is 14.4 Å². The second-order valence-electron chi connectivity index (χ2n) is 5.77. The summed E-state index contributed by atoms with van der Waals surface area (Å²) in [6.07, 6.45) is -2.80. The molecule has 2 atom stereocenters. The molecule has 2 aromatic rings. The van der Waals surface area contributed by atoms with Crippen LogP contribution in [0.2, 0.25) is 0 Å². The van der Waals surface area contributed by atoms with Crippen LogP contribution in [0.25, 0.3) is 0 Å². The van der Waals surface area contributed by atoms with Crippen LogP contribution in [0.4, 0.5) is 23.5 Å². The van der Waals surface area contributed by atoms with E-state index in [9.17, 15) is 17.6 Å². The highest BCUT2D eigenvalue weighted by Gasteiger charge is 2.37. The molecule has 122 valence electrons. The highest BCUT2D eigenvalue weighted by molar-refractivity contribution is 5.40. The van der Waals surface area contributed by atoms with E-state index < -0.39 is 11.9 Å². The molecule has 0 amide bonds. The quantitative estimate of drug-likeness (QED) is 0.774. The van der Waals surface area contributed by atoms with Gasteiger partial charge in [-0.1, -0.05) is 25.1 Å². The van der Waals surface area contributed by atoms with Crippen LogP contribution in [-0.2, 0) is 6.18 Å². The molecule has 0 N–H and O–H groups in total. The maximum Gasteiger partial charge on any atom is 0.433 e. The molecule has 0 saturated carbocycles. The molecular formula is C16H15F4N3. The summed E-state index contributed by atoms with van der Waals surface area (Å²) in [6, 6.07) is 6.77. The highest BCUT2D eigenvalue weighted by Crippen LogP contribution is 2.39. The molecule has 1 fully saturated rings. The summed E-state index contributed by atoms with van der Waals surface area (Å²) in [5, 5.41) is 0. The number of hydrogen-bond acceptors (Lipinski definition) is 3. The van der Waals surface area contributed by atoms with Crippen LogP contribution in [0, 0.1) is 11.7 Å². The molecule has 3 rings (SSSR count). The molecule has 0 radical (unpaired) electrons. The fraction of sp³-hybridized carbons (Fsp3) is 0.375. The van der Waals surface area contributed by atoms with E-state index in [-0.39, 0.29) is 23.7 Å². The maximum absolute atomic E-state index is 14.1. The minimum Gasteiger partial charge on any atom is -0.333 e. The van der Waals surface area contributed by atoms with Crippen LogP contribution in [0.3, 0.4) is 0 Å². The topological polar surface area (TPSA) is 29.0 Å². The SMILES string of the molecule is C[C@H]1C[C@@H](c2ccccc2F)N(c2nccc(C(F)(F)F)n2)C1. The Balaban J connectivity index is 1.99. The maximum atomic E-state index is 14.1. The lowest BCUT2D eigenvalue weighted by atomic mass is 10.0. The lowest BCUT2D eigenvalue weighted by Gasteiger charge is -2.25. The third kappa shape index (κ3) is 3.13. The van der Waals surface area contributed by atoms with Crippen molar-refractivity contribution >= 4 is 5.95 Å². The molecule has 0 unspecified atom stereocenters. The summed E-state index contributed by atoms with van der Waals surface area (Å²) in [4.78, 5) is 9.25. The van der Waals surface area contributed by atoms with Crippen molar-refractivity contribution in [3.63, 3.8) is 0 Å². The zero-order valence-electron chi connectivity index (χ0n) is 12.4. The molecule has 1 aromatic carbocycles. The molecule has 0 spiro atoms. The summed E-state index contributed by atoms with van der Waals surface area (Å²) >= 11 is 0. The van der Waals surface area contributed by atoms with Crippen LogP contribution in [0.1, 0.15) is 30.6 Å². The number of aromatic nitrogens is 2. The number of anilines is 1. The fourth-order valence-electron chi connectivity index (χ4n) is 2.95. The van der Waals surface area contributed by atoms with Crippen molar-refractivity contribution in [3.05, 3.63) is 53.6 Å². The third-order valence-corrected chi connectivity index (χ3v) is 3.96. The number of hydrogen-bond donors (Lipinski definition) is 0. The Morgan fingerprint density at radius 3 is 2.61 bits per heavy atom. The number of nitrogens with zero attached hydrogens (tertiary/aromatic N) is 3. The van der Waals surface area contributed by atoms with Crippen LogP contribution in [-0.4, -0.2) is 16.5 Å². The van der Waals surface area contributed by atoms with Gasteiger partial charge in [-0.15, -0.1) is 0 Å². The second kappa shape index (κ2) is 5.79. The van der Waals surface area contributed by atoms with Gasteiger partial charge in [-0.05, 0) is 24.5 Å². The average molecular weight is 325 g/mol. The van der Waals surface area contributed by atoms with Crippen molar-refractivity contribution in [3.8, 4) is 0 Å². The van der Waals surface area contributed by atoms with Gasteiger partial charge < -0.3 is 4.90 Å². The Hall–Kier alpha value is -2.18. The summed E-state index contributed by atoms with van der Waals surface area (Å²) < 4.78 is 52.6. The molecule has 2 heterocycles. The standard InChI is InChI=1S/C16H15F4N3/c1-10-8-13(11-4-2-3-5-12(11)17)23(9-10)15-21-7-6-14(22-15)16(18,19)20/h2-7,10,13H,8-9H2,1H3/t10-,13-/m0/s1. The first-order valence-corrected chi connectivity index (χ1v) is 7.27. The largest absolute Gasteiger partial charge is 0.433 e. The first-order chi connectivity index (χ1) is 10.9. The number of alkyl halides is 3. The van der Waals surface area contributed by atoms with Gasteiger partial charge in [0.25, 0.3) is 0 Å². The van der Waals surface area contributed by atoms with Gasteiger partial charge in [-0.2, -0.15) is 13.2 Å². The van der Waals surface area contributed by atoms with Crippen molar-refractivity contribution in [1.29, 1.82) is 0 Å². The van der Waals surface area contributed by atoms with E-state index in [1.165, 1.54) is 6.07 Å². The van der Waals surface area contributed by atoms with Crippen molar-refractivity contribution in [1.82, 2.24) is 9.97 Å². The number of benzene rings is 1. The van der Waals surface area contributed by atoms with Gasteiger partial charge in [-0.3, -0.25) is 0 Å². The van der Waals surface area contributed by atoms with E-state index in [2.05, 4.69) is 9.97 Å². The van der Waals surface area contributed by atoms with Gasteiger partial charge in [0.15, 0.2) is 0 Å². The predicted molar refractivity (Wildman–Crippen MR) is 77.3 cm³/mol. The van der Waals surface area contributed by atoms with Gasteiger partial charge >= 0.3 is 6.18 Å². The Kier molecular flexibility index (Phi) is 3.95. The summed E-state index contributed by atoms with van der Waals surface area (Å²) in [5.41, 5.74) is -0.535. The normalized spacial score (nSPS) is 21.7. The third-order valence-electron chi connectivity index (χ3n) is 3.96. The molecule has 1 aliphatic heterocycles. The van der Waals surface area contributed by atoms with E-state index in [0.717, 1.165) is 12.3 Å². The summed E-state index contributed by atoms with van der Waals surface area (Å²) in [5.74, 6) is -0.182. The van der Waals surface area contributed by atoms with Crippen LogP contribution in [0.5, 0.6) is 0 Å². The number of rotatable bonds is 2. The Morgan fingerprint density at radius 2 is 1.91 bits per heavy atom. The lowest BCUT2D eigenvalue weighted by molar-refractivity contribution is -0.141.